The summed E-state index contributed by atoms with van der Waals surface area (Å²) in [7, 11) is 0. The van der Waals surface area contributed by atoms with Gasteiger partial charge in [0.1, 0.15) is 5.15 Å². The van der Waals surface area contributed by atoms with Crippen molar-refractivity contribution < 1.29 is 4.74 Å². The van der Waals surface area contributed by atoms with Gasteiger partial charge in [0.2, 0.25) is 0 Å². The average Bonchev–Trinajstić information content (AvgIpc) is 2.75. The van der Waals surface area contributed by atoms with Crippen molar-refractivity contribution in [1.29, 1.82) is 0 Å². The molecular formula is C22H37ClIN5O. The highest BCUT2D eigenvalue weighted by atomic mass is 127. The van der Waals surface area contributed by atoms with Gasteiger partial charge < -0.3 is 15.4 Å². The zero-order chi connectivity index (χ0) is 20.4. The molecule has 8 heteroatoms. The normalized spacial score (nSPS) is 19.7. The van der Waals surface area contributed by atoms with Gasteiger partial charge in [-0.05, 0) is 37.8 Å². The van der Waals surface area contributed by atoms with E-state index in [-0.39, 0.29) is 24.0 Å². The Balaban J connectivity index is 0.00000320. The minimum absolute atomic E-state index is 0. The first kappa shape index (κ1) is 25.6. The summed E-state index contributed by atoms with van der Waals surface area (Å²) in [5, 5.41) is 7.43. The first-order valence-electron chi connectivity index (χ1n) is 11.1. The fourth-order valence-corrected chi connectivity index (χ4v) is 4.48. The second kappa shape index (κ2) is 13.7. The number of pyridine rings is 1. The van der Waals surface area contributed by atoms with E-state index in [0.29, 0.717) is 10.6 Å². The maximum atomic E-state index is 5.87. The number of aliphatic imine (C=N–C) groups is 1. The smallest absolute Gasteiger partial charge is 0.191 e. The van der Waals surface area contributed by atoms with E-state index in [1.165, 1.54) is 37.7 Å². The number of rotatable bonds is 8. The van der Waals surface area contributed by atoms with E-state index in [1.54, 1.807) is 0 Å². The Hall–Kier alpha value is -0.640. The van der Waals surface area contributed by atoms with Crippen molar-refractivity contribution in [2.24, 2.45) is 10.4 Å². The molecule has 3 rings (SSSR count). The van der Waals surface area contributed by atoms with Gasteiger partial charge in [0.25, 0.3) is 0 Å². The van der Waals surface area contributed by atoms with Crippen LogP contribution in [0.15, 0.2) is 23.3 Å². The Morgan fingerprint density at radius 1 is 1.20 bits per heavy atom. The van der Waals surface area contributed by atoms with Crippen molar-refractivity contribution >= 4 is 41.5 Å². The predicted molar refractivity (Wildman–Crippen MR) is 135 cm³/mol. The third kappa shape index (κ3) is 8.48. The van der Waals surface area contributed by atoms with Crippen molar-refractivity contribution in [3.63, 3.8) is 0 Å². The summed E-state index contributed by atoms with van der Waals surface area (Å²) >= 11 is 5.87. The summed E-state index contributed by atoms with van der Waals surface area (Å²) in [6, 6.07) is 3.87. The molecule has 2 aliphatic rings. The van der Waals surface area contributed by atoms with Crippen molar-refractivity contribution in [2.45, 2.75) is 45.4 Å². The third-order valence-corrected chi connectivity index (χ3v) is 6.21. The van der Waals surface area contributed by atoms with Gasteiger partial charge in [-0.1, -0.05) is 36.9 Å². The molecule has 1 aromatic heterocycles. The van der Waals surface area contributed by atoms with Gasteiger partial charge in [-0.3, -0.25) is 9.89 Å². The van der Waals surface area contributed by atoms with E-state index < -0.39 is 0 Å². The van der Waals surface area contributed by atoms with Crippen molar-refractivity contribution in [1.82, 2.24) is 20.5 Å². The van der Waals surface area contributed by atoms with E-state index in [0.717, 1.165) is 64.9 Å². The van der Waals surface area contributed by atoms with Crippen LogP contribution in [0.3, 0.4) is 0 Å². The minimum Gasteiger partial charge on any atom is -0.379 e. The molecule has 30 heavy (non-hydrogen) atoms. The molecule has 6 nitrogen and oxygen atoms in total. The molecule has 1 aliphatic heterocycles. The van der Waals surface area contributed by atoms with Crippen molar-refractivity contribution in [2.75, 3.05) is 52.5 Å². The SMILES string of the molecule is CCNC(=NCC1(CN2CCOCC2)CCCCC1)NCCc1ccc(Cl)nc1.I. The van der Waals surface area contributed by atoms with Crippen LogP contribution < -0.4 is 10.6 Å². The molecule has 1 saturated heterocycles. The van der Waals surface area contributed by atoms with Crippen LogP contribution in [-0.4, -0.2) is 68.3 Å². The number of morpholine rings is 1. The zero-order valence-corrected chi connectivity index (χ0v) is 21.3. The molecule has 2 heterocycles. The molecule has 2 fully saturated rings. The lowest BCUT2D eigenvalue weighted by molar-refractivity contribution is 0.00937. The van der Waals surface area contributed by atoms with Gasteiger partial charge >= 0.3 is 0 Å². The summed E-state index contributed by atoms with van der Waals surface area (Å²) < 4.78 is 5.54. The first-order chi connectivity index (χ1) is 14.2. The van der Waals surface area contributed by atoms with E-state index in [9.17, 15) is 0 Å². The monoisotopic (exact) mass is 549 g/mol. The molecule has 0 amide bonds. The molecule has 0 atom stereocenters. The fourth-order valence-electron chi connectivity index (χ4n) is 4.37. The summed E-state index contributed by atoms with van der Waals surface area (Å²) in [4.78, 5) is 11.8. The number of hydrogen-bond acceptors (Lipinski definition) is 4. The highest BCUT2D eigenvalue weighted by molar-refractivity contribution is 14.0. The Morgan fingerprint density at radius 2 is 1.97 bits per heavy atom. The number of nitrogens with one attached hydrogen (secondary N) is 2. The van der Waals surface area contributed by atoms with Crippen LogP contribution in [0.4, 0.5) is 0 Å². The van der Waals surface area contributed by atoms with Crippen LogP contribution in [0.5, 0.6) is 0 Å². The van der Waals surface area contributed by atoms with Gasteiger partial charge in [0.15, 0.2) is 5.96 Å². The highest BCUT2D eigenvalue weighted by Gasteiger charge is 2.34. The average molecular weight is 550 g/mol. The summed E-state index contributed by atoms with van der Waals surface area (Å²) in [5.41, 5.74) is 1.48. The van der Waals surface area contributed by atoms with Crippen LogP contribution in [-0.2, 0) is 11.2 Å². The second-order valence-electron chi connectivity index (χ2n) is 8.31. The number of nitrogens with zero attached hydrogens (tertiary/aromatic N) is 3. The summed E-state index contributed by atoms with van der Waals surface area (Å²) in [6.45, 7) is 9.68. The lowest BCUT2D eigenvalue weighted by Gasteiger charge is -2.41. The number of aromatic nitrogens is 1. The van der Waals surface area contributed by atoms with E-state index in [1.807, 2.05) is 18.3 Å². The molecule has 0 aromatic carbocycles. The Bertz CT molecular complexity index is 631. The predicted octanol–water partition coefficient (Wildman–Crippen LogP) is 3.73. The topological polar surface area (TPSA) is 61.8 Å². The molecule has 2 N–H and O–H groups in total. The quantitative estimate of drug-likeness (QED) is 0.224. The molecule has 170 valence electrons. The van der Waals surface area contributed by atoms with Crippen LogP contribution >= 0.6 is 35.6 Å². The number of halogens is 2. The lowest BCUT2D eigenvalue weighted by atomic mass is 9.73. The second-order valence-corrected chi connectivity index (χ2v) is 8.70. The van der Waals surface area contributed by atoms with Gasteiger partial charge in [-0.2, -0.15) is 0 Å². The largest absolute Gasteiger partial charge is 0.379 e. The molecule has 0 radical (unpaired) electrons. The minimum atomic E-state index is 0. The van der Waals surface area contributed by atoms with Crippen LogP contribution in [0.2, 0.25) is 5.15 Å². The van der Waals surface area contributed by atoms with Gasteiger partial charge in [-0.15, -0.1) is 24.0 Å². The van der Waals surface area contributed by atoms with Crippen LogP contribution in [0.25, 0.3) is 0 Å². The number of guanidine groups is 1. The molecule has 1 aliphatic carbocycles. The van der Waals surface area contributed by atoms with Crippen molar-refractivity contribution in [3.8, 4) is 0 Å². The first-order valence-corrected chi connectivity index (χ1v) is 11.5. The maximum Gasteiger partial charge on any atom is 0.191 e. The lowest BCUT2D eigenvalue weighted by Crippen LogP contribution is -2.46. The molecule has 0 spiro atoms. The van der Waals surface area contributed by atoms with Crippen molar-refractivity contribution in [3.05, 3.63) is 29.0 Å². The van der Waals surface area contributed by atoms with Gasteiger partial charge in [0.05, 0.1) is 13.2 Å². The summed E-state index contributed by atoms with van der Waals surface area (Å²) in [5.74, 6) is 0.918. The Labute approximate surface area is 203 Å². The zero-order valence-electron chi connectivity index (χ0n) is 18.2. The van der Waals surface area contributed by atoms with E-state index in [2.05, 4.69) is 27.4 Å². The standard InChI is InChI=1S/C22H36ClN5O.HI/c1-2-24-21(25-11-8-19-6-7-20(23)26-16-19)27-17-22(9-4-3-5-10-22)18-28-12-14-29-15-13-28;/h6-7,16H,2-5,8-15,17-18H2,1H3,(H2,24,25,27);1H. The van der Waals surface area contributed by atoms with Crippen LogP contribution in [0, 0.1) is 5.41 Å². The number of hydrogen-bond donors (Lipinski definition) is 2. The summed E-state index contributed by atoms with van der Waals surface area (Å²) in [6.07, 6.45) is 9.32. The van der Waals surface area contributed by atoms with Gasteiger partial charge in [0, 0.05) is 50.9 Å². The molecule has 0 bridgehead atoms. The van der Waals surface area contributed by atoms with E-state index in [4.69, 9.17) is 21.3 Å². The molecular weight excluding hydrogens is 513 g/mol. The molecule has 1 saturated carbocycles. The van der Waals surface area contributed by atoms with Crippen LogP contribution in [0.1, 0.15) is 44.6 Å². The van der Waals surface area contributed by atoms with E-state index >= 15 is 0 Å². The fraction of sp³-hybridized carbons (Fsp3) is 0.727. The van der Waals surface area contributed by atoms with Gasteiger partial charge in [-0.25, -0.2) is 4.98 Å². The maximum absolute atomic E-state index is 5.87. The highest BCUT2D eigenvalue weighted by Crippen LogP contribution is 2.37. The molecule has 1 aromatic rings. The third-order valence-electron chi connectivity index (χ3n) is 5.99. The number of ether oxygens (including phenoxy) is 1. The Kier molecular flexibility index (Phi) is 11.7. The molecule has 0 unspecified atom stereocenters. The Morgan fingerprint density at radius 3 is 2.63 bits per heavy atom.